The maximum absolute atomic E-state index is 12.1. The van der Waals surface area contributed by atoms with E-state index < -0.39 is 0 Å². The summed E-state index contributed by atoms with van der Waals surface area (Å²) in [4.78, 5) is 16.2. The van der Waals surface area contributed by atoms with Crippen LogP contribution in [0.15, 0.2) is 47.1 Å². The van der Waals surface area contributed by atoms with E-state index in [0.717, 1.165) is 11.1 Å². The Bertz CT molecular complexity index is 843. The molecule has 1 amide bonds. The number of carbonyl (C=O) groups is 1. The summed E-state index contributed by atoms with van der Waals surface area (Å²) in [5.74, 6) is 0.804. The van der Waals surface area contributed by atoms with Gasteiger partial charge in [-0.3, -0.25) is 9.78 Å². The second kappa shape index (κ2) is 7.04. The molecule has 1 N–H and O–H groups in total. The van der Waals surface area contributed by atoms with Gasteiger partial charge >= 0.3 is 0 Å². The van der Waals surface area contributed by atoms with Crippen LogP contribution in [0.4, 0.5) is 0 Å². The largest absolute Gasteiger partial charge is 0.421 e. The number of pyridine rings is 1. The Balaban J connectivity index is 1.56. The molecule has 1 aromatic carbocycles. The van der Waals surface area contributed by atoms with Crippen LogP contribution in [-0.4, -0.2) is 27.6 Å². The van der Waals surface area contributed by atoms with Gasteiger partial charge in [-0.25, -0.2) is 0 Å². The van der Waals surface area contributed by atoms with Gasteiger partial charge in [0.05, 0.1) is 5.56 Å². The molecule has 2 heterocycles. The molecule has 0 fully saturated rings. The predicted octanol–water partition coefficient (Wildman–Crippen LogP) is 2.72. The number of nitrogens with zero attached hydrogens (tertiary/aromatic N) is 3. The molecule has 3 rings (SSSR count). The van der Waals surface area contributed by atoms with Crippen LogP contribution in [0.2, 0.25) is 0 Å². The summed E-state index contributed by atoms with van der Waals surface area (Å²) in [5.41, 5.74) is 3.69. The summed E-state index contributed by atoms with van der Waals surface area (Å²) >= 11 is 0. The number of carbonyl (C=O) groups excluding carboxylic acids is 1. The fourth-order valence-corrected chi connectivity index (χ4v) is 2.23. The van der Waals surface area contributed by atoms with Crippen LogP contribution in [0.1, 0.15) is 27.4 Å². The number of aryl methyl sites for hydroxylation is 2. The molecule has 0 saturated carbocycles. The van der Waals surface area contributed by atoms with Crippen LogP contribution in [0, 0.1) is 13.8 Å². The van der Waals surface area contributed by atoms with E-state index in [0.29, 0.717) is 30.3 Å². The van der Waals surface area contributed by atoms with Crippen LogP contribution < -0.4 is 5.32 Å². The summed E-state index contributed by atoms with van der Waals surface area (Å²) in [6.45, 7) is 4.44. The van der Waals surface area contributed by atoms with Crippen molar-refractivity contribution in [1.82, 2.24) is 20.5 Å². The number of rotatable bonds is 5. The van der Waals surface area contributed by atoms with Crippen molar-refractivity contribution in [3.05, 3.63) is 65.3 Å². The van der Waals surface area contributed by atoms with Crippen molar-refractivity contribution in [2.45, 2.75) is 20.3 Å². The summed E-state index contributed by atoms with van der Waals surface area (Å²) < 4.78 is 5.58. The lowest BCUT2D eigenvalue weighted by molar-refractivity contribution is 0.0953. The molecule has 0 aliphatic carbocycles. The molecule has 0 spiro atoms. The molecule has 0 atom stereocenters. The highest BCUT2D eigenvalue weighted by molar-refractivity contribution is 5.94. The Morgan fingerprint density at radius 1 is 1.17 bits per heavy atom. The molecule has 3 aromatic rings. The second-order valence-electron chi connectivity index (χ2n) is 5.55. The molecule has 24 heavy (non-hydrogen) atoms. The fourth-order valence-electron chi connectivity index (χ4n) is 2.23. The lowest BCUT2D eigenvalue weighted by Crippen LogP contribution is -2.25. The predicted molar refractivity (Wildman–Crippen MR) is 89.5 cm³/mol. The van der Waals surface area contributed by atoms with Gasteiger partial charge in [-0.15, -0.1) is 10.2 Å². The third kappa shape index (κ3) is 3.65. The third-order valence-corrected chi connectivity index (χ3v) is 3.77. The molecule has 6 heteroatoms. The molecule has 0 aliphatic rings. The number of amides is 1. The van der Waals surface area contributed by atoms with E-state index in [1.165, 1.54) is 5.56 Å². The van der Waals surface area contributed by atoms with Gasteiger partial charge in [-0.1, -0.05) is 6.07 Å². The first-order valence-electron chi connectivity index (χ1n) is 7.72. The second-order valence-corrected chi connectivity index (χ2v) is 5.55. The Labute approximate surface area is 140 Å². The van der Waals surface area contributed by atoms with Gasteiger partial charge in [0.2, 0.25) is 11.8 Å². The van der Waals surface area contributed by atoms with Gasteiger partial charge < -0.3 is 9.73 Å². The molecular formula is C18H18N4O2. The number of hydrogen-bond acceptors (Lipinski definition) is 5. The molecule has 122 valence electrons. The molecule has 0 bridgehead atoms. The van der Waals surface area contributed by atoms with E-state index in [-0.39, 0.29) is 5.91 Å². The normalized spacial score (nSPS) is 10.6. The number of nitrogens with one attached hydrogen (secondary N) is 1. The van der Waals surface area contributed by atoms with E-state index in [1.54, 1.807) is 12.4 Å². The van der Waals surface area contributed by atoms with Gasteiger partial charge in [-0.2, -0.15) is 0 Å². The first kappa shape index (κ1) is 15.9. The van der Waals surface area contributed by atoms with Gasteiger partial charge in [0.15, 0.2) is 0 Å². The Morgan fingerprint density at radius 3 is 2.79 bits per heavy atom. The van der Waals surface area contributed by atoms with Crippen molar-refractivity contribution < 1.29 is 9.21 Å². The molecule has 2 aromatic heterocycles. The molecular weight excluding hydrogens is 304 g/mol. The van der Waals surface area contributed by atoms with E-state index in [4.69, 9.17) is 4.42 Å². The summed E-state index contributed by atoms with van der Waals surface area (Å²) in [5, 5.41) is 10.9. The average Bonchev–Trinajstić information content (AvgIpc) is 3.07. The molecule has 0 radical (unpaired) electrons. The minimum atomic E-state index is -0.106. The highest BCUT2D eigenvalue weighted by atomic mass is 16.4. The number of benzene rings is 1. The average molecular weight is 322 g/mol. The quantitative estimate of drug-likeness (QED) is 0.781. The smallest absolute Gasteiger partial charge is 0.251 e. The summed E-state index contributed by atoms with van der Waals surface area (Å²) in [7, 11) is 0. The van der Waals surface area contributed by atoms with Crippen LogP contribution in [0.3, 0.4) is 0 Å². The molecule has 0 unspecified atom stereocenters. The molecule has 0 saturated heterocycles. The lowest BCUT2D eigenvalue weighted by atomic mass is 10.1. The highest BCUT2D eigenvalue weighted by Gasteiger charge is 2.10. The highest BCUT2D eigenvalue weighted by Crippen LogP contribution is 2.16. The van der Waals surface area contributed by atoms with E-state index in [1.807, 2.05) is 44.2 Å². The summed E-state index contributed by atoms with van der Waals surface area (Å²) in [6.07, 6.45) is 3.83. The first-order valence-corrected chi connectivity index (χ1v) is 7.72. The zero-order valence-corrected chi connectivity index (χ0v) is 13.6. The van der Waals surface area contributed by atoms with Gasteiger partial charge in [0.25, 0.3) is 5.91 Å². The van der Waals surface area contributed by atoms with Gasteiger partial charge in [-0.05, 0) is 49.2 Å². The van der Waals surface area contributed by atoms with Crippen molar-refractivity contribution in [2.75, 3.05) is 6.54 Å². The monoisotopic (exact) mass is 322 g/mol. The minimum Gasteiger partial charge on any atom is -0.421 e. The van der Waals surface area contributed by atoms with Crippen LogP contribution in [-0.2, 0) is 6.42 Å². The number of hydrogen-bond donors (Lipinski definition) is 1. The summed E-state index contributed by atoms with van der Waals surface area (Å²) in [6, 6.07) is 9.32. The van der Waals surface area contributed by atoms with Gasteiger partial charge in [0.1, 0.15) is 0 Å². The van der Waals surface area contributed by atoms with Crippen LogP contribution in [0.25, 0.3) is 11.5 Å². The van der Waals surface area contributed by atoms with E-state index in [9.17, 15) is 4.79 Å². The van der Waals surface area contributed by atoms with Crippen molar-refractivity contribution in [3.8, 4) is 11.5 Å². The van der Waals surface area contributed by atoms with E-state index >= 15 is 0 Å². The zero-order chi connectivity index (χ0) is 16.9. The Hall–Kier alpha value is -3.02. The topological polar surface area (TPSA) is 80.9 Å². The zero-order valence-electron chi connectivity index (χ0n) is 13.6. The third-order valence-electron chi connectivity index (χ3n) is 3.77. The van der Waals surface area contributed by atoms with Crippen LogP contribution >= 0.6 is 0 Å². The minimum absolute atomic E-state index is 0.106. The standard InChI is InChI=1S/C18H18N4O2/c1-12-5-6-14(10-13(12)2)17(23)20-9-7-16-21-22-18(24-16)15-4-3-8-19-11-15/h3-6,8,10-11H,7,9H2,1-2H3,(H,20,23). The Morgan fingerprint density at radius 2 is 2.04 bits per heavy atom. The first-order chi connectivity index (χ1) is 11.6. The fraction of sp³-hybridized carbons (Fsp3) is 0.222. The maximum Gasteiger partial charge on any atom is 0.251 e. The van der Waals surface area contributed by atoms with Crippen molar-refractivity contribution in [1.29, 1.82) is 0 Å². The van der Waals surface area contributed by atoms with Crippen LogP contribution in [0.5, 0.6) is 0 Å². The molecule has 6 nitrogen and oxygen atoms in total. The van der Waals surface area contributed by atoms with Crippen molar-refractivity contribution in [2.24, 2.45) is 0 Å². The lowest BCUT2D eigenvalue weighted by Gasteiger charge is -2.06. The SMILES string of the molecule is Cc1ccc(C(=O)NCCc2nnc(-c3cccnc3)o2)cc1C. The Kier molecular flexibility index (Phi) is 4.65. The molecule has 0 aliphatic heterocycles. The maximum atomic E-state index is 12.1. The van der Waals surface area contributed by atoms with E-state index in [2.05, 4.69) is 20.5 Å². The van der Waals surface area contributed by atoms with Crippen molar-refractivity contribution >= 4 is 5.91 Å². The van der Waals surface area contributed by atoms with Gasteiger partial charge in [0, 0.05) is 30.9 Å². The van der Waals surface area contributed by atoms with Crippen molar-refractivity contribution in [3.63, 3.8) is 0 Å². The number of aromatic nitrogens is 3.